The normalized spacial score (nSPS) is 15.0. The van der Waals surface area contributed by atoms with Crippen molar-refractivity contribution in [2.75, 3.05) is 26.2 Å². The van der Waals surface area contributed by atoms with E-state index in [1.54, 1.807) is 11.3 Å². The number of hydrogen-bond donors (Lipinski definition) is 2. The smallest absolute Gasteiger partial charge is 0.228 e. The average Bonchev–Trinajstić information content (AvgIpc) is 3.04. The minimum Gasteiger partial charge on any atom is -0.340 e. The van der Waals surface area contributed by atoms with Gasteiger partial charge in [-0.1, -0.05) is 18.2 Å². The molecule has 116 valence electrons. The summed E-state index contributed by atoms with van der Waals surface area (Å²) in [6.07, 6.45) is 0.382. The zero-order chi connectivity index (χ0) is 15.4. The molecule has 3 rings (SSSR count). The van der Waals surface area contributed by atoms with Crippen molar-refractivity contribution in [2.24, 2.45) is 5.73 Å². The van der Waals surface area contributed by atoms with Crippen LogP contribution in [0.3, 0.4) is 0 Å². The van der Waals surface area contributed by atoms with E-state index >= 15 is 0 Å². The minimum absolute atomic E-state index is 0.161. The molecule has 0 saturated carbocycles. The zero-order valence-electron chi connectivity index (χ0n) is 12.4. The van der Waals surface area contributed by atoms with Crippen LogP contribution >= 0.6 is 11.3 Å². The first-order valence-corrected chi connectivity index (χ1v) is 8.36. The largest absolute Gasteiger partial charge is 0.340 e. The fraction of sp³-hybridized carbons (Fsp3) is 0.375. The van der Waals surface area contributed by atoms with Crippen molar-refractivity contribution in [3.8, 4) is 10.6 Å². The summed E-state index contributed by atoms with van der Waals surface area (Å²) >= 11 is 1.58. The van der Waals surface area contributed by atoms with Gasteiger partial charge in [-0.05, 0) is 11.6 Å². The molecule has 2 aromatic rings. The van der Waals surface area contributed by atoms with Crippen molar-refractivity contribution in [1.29, 1.82) is 0 Å². The standard InChI is InChI=1S/C16H20N4OS/c17-10-12-2-1-3-13(8-12)16-19-14(11-22-16)9-15(21)20-6-4-18-5-7-20/h1-3,8,11,18H,4-7,9-10,17H2. The number of benzene rings is 1. The van der Waals surface area contributed by atoms with E-state index in [1.807, 2.05) is 28.5 Å². The van der Waals surface area contributed by atoms with Crippen LogP contribution in [0.15, 0.2) is 29.6 Å². The molecule has 1 aromatic heterocycles. The van der Waals surface area contributed by atoms with Crippen LogP contribution in [0.5, 0.6) is 0 Å². The maximum atomic E-state index is 12.3. The maximum absolute atomic E-state index is 12.3. The fourth-order valence-corrected chi connectivity index (χ4v) is 3.35. The molecule has 0 aliphatic carbocycles. The Kier molecular flexibility index (Phi) is 4.82. The van der Waals surface area contributed by atoms with E-state index in [0.717, 1.165) is 48.0 Å². The van der Waals surface area contributed by atoms with Crippen LogP contribution in [0.1, 0.15) is 11.3 Å². The number of nitrogens with two attached hydrogens (primary N) is 1. The highest BCUT2D eigenvalue weighted by molar-refractivity contribution is 7.13. The molecule has 6 heteroatoms. The van der Waals surface area contributed by atoms with Gasteiger partial charge in [-0.15, -0.1) is 11.3 Å². The van der Waals surface area contributed by atoms with Crippen LogP contribution in [-0.2, 0) is 17.8 Å². The van der Waals surface area contributed by atoms with Gasteiger partial charge in [0, 0.05) is 43.7 Å². The van der Waals surface area contributed by atoms with Gasteiger partial charge in [0.05, 0.1) is 12.1 Å². The number of rotatable bonds is 4. The van der Waals surface area contributed by atoms with Crippen LogP contribution in [-0.4, -0.2) is 42.0 Å². The summed E-state index contributed by atoms with van der Waals surface area (Å²) in [6, 6.07) is 8.08. The first kappa shape index (κ1) is 15.1. The van der Waals surface area contributed by atoms with Gasteiger partial charge < -0.3 is 16.0 Å². The van der Waals surface area contributed by atoms with E-state index in [9.17, 15) is 4.79 Å². The Bertz CT molecular complexity index is 649. The number of hydrogen-bond acceptors (Lipinski definition) is 5. The van der Waals surface area contributed by atoms with Gasteiger partial charge in [0.25, 0.3) is 0 Å². The predicted molar refractivity (Wildman–Crippen MR) is 88.6 cm³/mol. The Labute approximate surface area is 134 Å². The maximum Gasteiger partial charge on any atom is 0.228 e. The first-order chi connectivity index (χ1) is 10.8. The summed E-state index contributed by atoms with van der Waals surface area (Å²) in [5.41, 5.74) is 8.68. The molecule has 0 bridgehead atoms. The summed E-state index contributed by atoms with van der Waals surface area (Å²) < 4.78 is 0. The second-order valence-electron chi connectivity index (χ2n) is 5.36. The predicted octanol–water partition coefficient (Wildman–Crippen LogP) is 1.24. The van der Waals surface area contributed by atoms with E-state index in [0.29, 0.717) is 13.0 Å². The molecule has 0 atom stereocenters. The number of nitrogens with zero attached hydrogens (tertiary/aromatic N) is 2. The molecule has 0 radical (unpaired) electrons. The summed E-state index contributed by atoms with van der Waals surface area (Å²) in [6.45, 7) is 3.84. The number of carbonyl (C=O) groups is 1. The monoisotopic (exact) mass is 316 g/mol. The van der Waals surface area contributed by atoms with Gasteiger partial charge in [0.1, 0.15) is 5.01 Å². The number of thiazole rings is 1. The molecular formula is C16H20N4OS. The highest BCUT2D eigenvalue weighted by atomic mass is 32.1. The van der Waals surface area contributed by atoms with Crippen molar-refractivity contribution in [2.45, 2.75) is 13.0 Å². The molecule has 5 nitrogen and oxygen atoms in total. The van der Waals surface area contributed by atoms with Crippen LogP contribution < -0.4 is 11.1 Å². The van der Waals surface area contributed by atoms with E-state index in [1.165, 1.54) is 0 Å². The molecule has 0 unspecified atom stereocenters. The van der Waals surface area contributed by atoms with Crippen LogP contribution in [0.2, 0.25) is 0 Å². The average molecular weight is 316 g/mol. The van der Waals surface area contributed by atoms with Crippen LogP contribution in [0.4, 0.5) is 0 Å². The summed E-state index contributed by atoms with van der Waals surface area (Å²) in [5.74, 6) is 0.161. The summed E-state index contributed by atoms with van der Waals surface area (Å²) in [7, 11) is 0. The van der Waals surface area contributed by atoms with E-state index < -0.39 is 0 Å². The summed E-state index contributed by atoms with van der Waals surface area (Å²) in [5, 5.41) is 6.17. The molecule has 1 fully saturated rings. The topological polar surface area (TPSA) is 71.2 Å². The van der Waals surface area contributed by atoms with Gasteiger partial charge in [-0.2, -0.15) is 0 Å². The third-order valence-electron chi connectivity index (χ3n) is 3.76. The zero-order valence-corrected chi connectivity index (χ0v) is 13.2. The van der Waals surface area contributed by atoms with E-state index in [4.69, 9.17) is 5.73 Å². The van der Waals surface area contributed by atoms with Gasteiger partial charge in [-0.3, -0.25) is 4.79 Å². The molecule has 0 spiro atoms. The van der Waals surface area contributed by atoms with Crippen molar-refractivity contribution < 1.29 is 4.79 Å². The van der Waals surface area contributed by atoms with E-state index in [-0.39, 0.29) is 5.91 Å². The lowest BCUT2D eigenvalue weighted by Crippen LogP contribution is -2.46. The van der Waals surface area contributed by atoms with Gasteiger partial charge >= 0.3 is 0 Å². The Morgan fingerprint density at radius 3 is 2.95 bits per heavy atom. The Morgan fingerprint density at radius 1 is 1.36 bits per heavy atom. The van der Waals surface area contributed by atoms with E-state index in [2.05, 4.69) is 16.4 Å². The molecule has 1 aliphatic rings. The summed E-state index contributed by atoms with van der Waals surface area (Å²) in [4.78, 5) is 18.8. The number of carbonyl (C=O) groups excluding carboxylic acids is 1. The second-order valence-corrected chi connectivity index (χ2v) is 6.21. The first-order valence-electron chi connectivity index (χ1n) is 7.48. The number of piperazine rings is 1. The molecular weight excluding hydrogens is 296 g/mol. The molecule has 1 aromatic carbocycles. The fourth-order valence-electron chi connectivity index (χ4n) is 2.53. The molecule has 22 heavy (non-hydrogen) atoms. The second kappa shape index (κ2) is 7.00. The molecule has 1 amide bonds. The molecule has 1 aliphatic heterocycles. The number of amides is 1. The minimum atomic E-state index is 0.161. The lowest BCUT2D eigenvalue weighted by Gasteiger charge is -2.27. The lowest BCUT2D eigenvalue weighted by atomic mass is 10.1. The van der Waals surface area contributed by atoms with Crippen molar-refractivity contribution >= 4 is 17.2 Å². The van der Waals surface area contributed by atoms with Crippen LogP contribution in [0, 0.1) is 0 Å². The van der Waals surface area contributed by atoms with Gasteiger partial charge in [0.15, 0.2) is 0 Å². The highest BCUT2D eigenvalue weighted by Crippen LogP contribution is 2.24. The van der Waals surface area contributed by atoms with Crippen molar-refractivity contribution in [1.82, 2.24) is 15.2 Å². The molecule has 3 N–H and O–H groups in total. The molecule has 1 saturated heterocycles. The Balaban J connectivity index is 1.69. The highest BCUT2D eigenvalue weighted by Gasteiger charge is 2.17. The third kappa shape index (κ3) is 3.52. The molecule has 2 heterocycles. The third-order valence-corrected chi connectivity index (χ3v) is 4.70. The van der Waals surface area contributed by atoms with Crippen LogP contribution in [0.25, 0.3) is 10.6 Å². The van der Waals surface area contributed by atoms with Gasteiger partial charge in [-0.25, -0.2) is 4.98 Å². The number of nitrogens with one attached hydrogen (secondary N) is 1. The number of aromatic nitrogens is 1. The van der Waals surface area contributed by atoms with Crippen molar-refractivity contribution in [3.05, 3.63) is 40.9 Å². The SMILES string of the molecule is NCc1cccc(-c2nc(CC(=O)N3CCNCC3)cs2)c1. The Morgan fingerprint density at radius 2 is 2.18 bits per heavy atom. The Hall–Kier alpha value is -1.76. The lowest BCUT2D eigenvalue weighted by molar-refractivity contribution is -0.131. The van der Waals surface area contributed by atoms with Crippen molar-refractivity contribution in [3.63, 3.8) is 0 Å². The quantitative estimate of drug-likeness (QED) is 0.890. The van der Waals surface area contributed by atoms with Gasteiger partial charge in [0.2, 0.25) is 5.91 Å².